The van der Waals surface area contributed by atoms with E-state index in [4.69, 9.17) is 9.47 Å². The van der Waals surface area contributed by atoms with Gasteiger partial charge < -0.3 is 19.5 Å². The monoisotopic (exact) mass is 371 g/mol. The van der Waals surface area contributed by atoms with E-state index in [-0.39, 0.29) is 34.4 Å². The van der Waals surface area contributed by atoms with Gasteiger partial charge in [0.05, 0.1) is 5.92 Å². The molecular formula is C22H29NO4. The summed E-state index contributed by atoms with van der Waals surface area (Å²) >= 11 is 0. The van der Waals surface area contributed by atoms with E-state index in [1.807, 2.05) is 6.92 Å². The lowest BCUT2D eigenvalue weighted by atomic mass is 9.40. The van der Waals surface area contributed by atoms with Crippen LogP contribution >= 0.6 is 0 Å². The number of piperidine rings is 1. The second-order valence-corrected chi connectivity index (χ2v) is 9.54. The van der Waals surface area contributed by atoms with Crippen molar-refractivity contribution in [2.75, 3.05) is 20.7 Å². The number of ether oxygens (including phenoxy) is 2. The number of nitrogens with zero attached hydrogens (tertiary/aromatic N) is 1. The van der Waals surface area contributed by atoms with Gasteiger partial charge in [-0.15, -0.1) is 0 Å². The molecular weight excluding hydrogens is 342 g/mol. The summed E-state index contributed by atoms with van der Waals surface area (Å²) < 4.78 is 12.6. The van der Waals surface area contributed by atoms with Crippen LogP contribution in [0.4, 0.5) is 0 Å². The first-order valence-electron chi connectivity index (χ1n) is 9.98. The number of methoxy groups -OCH3 is 1. The average molecular weight is 371 g/mol. The van der Waals surface area contributed by atoms with Crippen molar-refractivity contribution in [2.24, 2.45) is 11.3 Å². The van der Waals surface area contributed by atoms with Crippen LogP contribution in [-0.4, -0.2) is 54.2 Å². The predicted octanol–water partition coefficient (Wildman–Crippen LogP) is 2.67. The number of likely N-dealkylation sites (N-methyl/N-ethyl adjacent to an activating group) is 1. The zero-order valence-corrected chi connectivity index (χ0v) is 16.8. The Morgan fingerprint density at radius 2 is 2.11 bits per heavy atom. The Morgan fingerprint density at radius 1 is 1.37 bits per heavy atom. The van der Waals surface area contributed by atoms with Crippen molar-refractivity contribution in [1.29, 1.82) is 0 Å². The first kappa shape index (κ1) is 17.5. The fourth-order valence-corrected chi connectivity index (χ4v) is 7.28. The fraction of sp³-hybridized carbons (Fsp3) is 0.682. The van der Waals surface area contributed by atoms with Crippen LogP contribution in [0, 0.1) is 11.3 Å². The van der Waals surface area contributed by atoms with Crippen LogP contribution in [0.5, 0.6) is 11.5 Å². The summed E-state index contributed by atoms with van der Waals surface area (Å²) in [6, 6.07) is 4.17. The van der Waals surface area contributed by atoms with Crippen molar-refractivity contribution < 1.29 is 19.4 Å². The topological polar surface area (TPSA) is 59.0 Å². The van der Waals surface area contributed by atoms with Crippen LogP contribution in [0.25, 0.3) is 0 Å². The smallest absolute Gasteiger partial charge is 0.165 e. The molecule has 27 heavy (non-hydrogen) atoms. The number of phenolic OH excluding ortho intramolecular Hbond substituents is 1. The molecule has 2 fully saturated rings. The van der Waals surface area contributed by atoms with Crippen molar-refractivity contribution in [2.45, 2.75) is 63.2 Å². The summed E-state index contributed by atoms with van der Waals surface area (Å²) in [6.45, 7) is 7.04. The number of benzene rings is 1. The van der Waals surface area contributed by atoms with E-state index in [1.165, 1.54) is 11.1 Å². The Balaban J connectivity index is 1.85. The minimum absolute atomic E-state index is 0.106. The van der Waals surface area contributed by atoms with Gasteiger partial charge in [-0.25, -0.2) is 0 Å². The molecule has 1 unspecified atom stereocenters. The summed E-state index contributed by atoms with van der Waals surface area (Å²) in [5.74, 6) is 0.762. The van der Waals surface area contributed by atoms with Gasteiger partial charge in [-0.1, -0.05) is 13.0 Å². The molecule has 0 amide bonds. The molecule has 2 bridgehead atoms. The highest BCUT2D eigenvalue weighted by Crippen LogP contribution is 2.71. The fourth-order valence-electron chi connectivity index (χ4n) is 7.28. The number of carbonyl (C=O) groups is 1. The molecule has 2 aliphatic carbocycles. The van der Waals surface area contributed by atoms with Gasteiger partial charge in [-0.3, -0.25) is 4.79 Å². The number of hydrogen-bond acceptors (Lipinski definition) is 5. The zero-order chi connectivity index (χ0) is 19.4. The molecule has 5 nitrogen and oxygen atoms in total. The normalized spacial score (nSPS) is 44.6. The Labute approximate surface area is 160 Å². The SMILES string of the molecule is CO[C@@]1(C)[C@@H]2Oc3c(O)ccc4c3C23CCN(C)[C@H](C4)[C@@]3(C)C[C@H]1C(C)=O. The van der Waals surface area contributed by atoms with Gasteiger partial charge in [-0.2, -0.15) is 0 Å². The highest BCUT2D eigenvalue weighted by atomic mass is 16.6. The largest absolute Gasteiger partial charge is 0.504 e. The molecule has 0 aromatic heterocycles. The number of hydrogen-bond donors (Lipinski definition) is 1. The maximum Gasteiger partial charge on any atom is 0.165 e. The number of carbonyl (C=O) groups excluding carboxylic acids is 1. The predicted molar refractivity (Wildman–Crippen MR) is 101 cm³/mol. The number of aromatic hydroxyl groups is 1. The van der Waals surface area contributed by atoms with E-state index in [9.17, 15) is 9.90 Å². The molecule has 146 valence electrons. The highest BCUT2D eigenvalue weighted by Gasteiger charge is 2.76. The standard InChI is InChI=1S/C22H29NO4/c1-12(24)14-11-20(2)16-10-13-6-7-15(25)18-17(13)22(20,8-9-23(16)4)19(27-18)21(14,3)26-5/h6-7,14,16,19,25H,8-11H2,1-5H3/t14-,16+,19-,20+,21+,22?/m0/s1. The quantitative estimate of drug-likeness (QED) is 0.866. The minimum Gasteiger partial charge on any atom is -0.504 e. The van der Waals surface area contributed by atoms with Gasteiger partial charge in [0.2, 0.25) is 0 Å². The van der Waals surface area contributed by atoms with E-state index in [2.05, 4.69) is 24.9 Å². The number of Topliss-reactive ketones (excluding diaryl/α,β-unsaturated/α-hetero) is 1. The van der Waals surface area contributed by atoms with Crippen LogP contribution in [0.3, 0.4) is 0 Å². The van der Waals surface area contributed by atoms with Crippen LogP contribution in [-0.2, 0) is 21.4 Å². The number of rotatable bonds is 2. The molecule has 1 saturated carbocycles. The summed E-state index contributed by atoms with van der Waals surface area (Å²) in [7, 11) is 3.89. The third-order valence-electron chi connectivity index (χ3n) is 8.68. The lowest BCUT2D eigenvalue weighted by Crippen LogP contribution is -2.76. The molecule has 1 saturated heterocycles. The Morgan fingerprint density at radius 3 is 2.78 bits per heavy atom. The highest BCUT2D eigenvalue weighted by molar-refractivity contribution is 5.81. The lowest BCUT2D eigenvalue weighted by Gasteiger charge is -2.68. The summed E-state index contributed by atoms with van der Waals surface area (Å²) in [5.41, 5.74) is 1.41. The first-order chi connectivity index (χ1) is 12.7. The molecule has 5 rings (SSSR count). The van der Waals surface area contributed by atoms with E-state index < -0.39 is 5.60 Å². The molecule has 5 heteroatoms. The van der Waals surface area contributed by atoms with Crippen LogP contribution < -0.4 is 4.74 Å². The van der Waals surface area contributed by atoms with Crippen LogP contribution in [0.2, 0.25) is 0 Å². The van der Waals surface area contributed by atoms with Gasteiger partial charge in [0.1, 0.15) is 17.5 Å². The number of phenols is 1. The van der Waals surface area contributed by atoms with Crippen molar-refractivity contribution in [1.82, 2.24) is 4.90 Å². The molecule has 1 aromatic carbocycles. The molecule has 4 aliphatic rings. The first-order valence-corrected chi connectivity index (χ1v) is 9.98. The van der Waals surface area contributed by atoms with Crippen LogP contribution in [0.15, 0.2) is 12.1 Å². The van der Waals surface area contributed by atoms with Crippen LogP contribution in [0.1, 0.15) is 44.7 Å². The van der Waals surface area contributed by atoms with Gasteiger partial charge in [0, 0.05) is 24.1 Å². The van der Waals surface area contributed by atoms with Crippen molar-refractivity contribution >= 4 is 5.78 Å². The minimum atomic E-state index is -0.716. The van der Waals surface area contributed by atoms with E-state index in [0.717, 1.165) is 25.8 Å². The zero-order valence-electron chi connectivity index (χ0n) is 16.8. The van der Waals surface area contributed by atoms with E-state index in [0.29, 0.717) is 11.8 Å². The van der Waals surface area contributed by atoms with Gasteiger partial charge in [0.25, 0.3) is 0 Å². The molecule has 1 aromatic rings. The Kier molecular flexibility index (Phi) is 3.28. The summed E-state index contributed by atoms with van der Waals surface area (Å²) in [4.78, 5) is 15.2. The van der Waals surface area contributed by atoms with Crippen molar-refractivity contribution in [3.05, 3.63) is 23.3 Å². The van der Waals surface area contributed by atoms with Crippen molar-refractivity contribution in [3.8, 4) is 11.5 Å². The van der Waals surface area contributed by atoms with Gasteiger partial charge in [-0.05, 0) is 63.7 Å². The summed E-state index contributed by atoms with van der Waals surface area (Å²) in [6.07, 6.45) is 2.40. The maximum absolute atomic E-state index is 12.7. The Bertz CT molecular complexity index is 853. The average Bonchev–Trinajstić information content (AvgIpc) is 2.99. The Hall–Kier alpha value is -1.59. The van der Waals surface area contributed by atoms with Gasteiger partial charge in [0.15, 0.2) is 11.5 Å². The molecule has 6 atom stereocenters. The third kappa shape index (κ3) is 1.72. The van der Waals surface area contributed by atoms with Gasteiger partial charge >= 0.3 is 0 Å². The molecule has 0 radical (unpaired) electrons. The van der Waals surface area contributed by atoms with E-state index in [1.54, 1.807) is 20.1 Å². The van der Waals surface area contributed by atoms with E-state index >= 15 is 0 Å². The summed E-state index contributed by atoms with van der Waals surface area (Å²) in [5, 5.41) is 10.6. The second kappa shape index (κ2) is 5.06. The number of ketones is 1. The molecule has 2 heterocycles. The number of likely N-dealkylation sites (tertiary alicyclic amines) is 1. The molecule has 2 aliphatic heterocycles. The molecule has 1 spiro atoms. The van der Waals surface area contributed by atoms with Crippen molar-refractivity contribution in [3.63, 3.8) is 0 Å². The second-order valence-electron chi connectivity index (χ2n) is 9.54. The lowest BCUT2D eigenvalue weighted by molar-refractivity contribution is -0.220. The third-order valence-corrected chi connectivity index (χ3v) is 8.68. The molecule has 1 N–H and O–H groups in total. The maximum atomic E-state index is 12.7.